The lowest BCUT2D eigenvalue weighted by Gasteiger charge is -2.19. The van der Waals surface area contributed by atoms with Crippen LogP contribution < -0.4 is 0 Å². The van der Waals surface area contributed by atoms with Gasteiger partial charge in [-0.25, -0.2) is 0 Å². The molecule has 1 aromatic heterocycles. The van der Waals surface area contributed by atoms with Crippen LogP contribution >= 0.6 is 27.3 Å². The van der Waals surface area contributed by atoms with Crippen molar-refractivity contribution in [1.29, 1.82) is 0 Å². The topological polar surface area (TPSA) is 17.1 Å². The van der Waals surface area contributed by atoms with E-state index in [9.17, 15) is 4.79 Å². The highest BCUT2D eigenvalue weighted by Gasteiger charge is 2.15. The van der Waals surface area contributed by atoms with Gasteiger partial charge in [-0.05, 0) is 51.0 Å². The Bertz CT molecular complexity index is 598. The Morgan fingerprint density at radius 2 is 1.80 bits per heavy atom. The monoisotopic (exact) mass is 350 g/mol. The summed E-state index contributed by atoms with van der Waals surface area (Å²) in [6.45, 7) is 8.59. The summed E-state index contributed by atoms with van der Waals surface area (Å²) >= 11 is 4.98. The fourth-order valence-corrected chi connectivity index (χ4v) is 3.46. The quantitative estimate of drug-likeness (QED) is 0.664. The van der Waals surface area contributed by atoms with E-state index in [0.717, 1.165) is 19.8 Å². The first kappa shape index (κ1) is 15.5. The van der Waals surface area contributed by atoms with Gasteiger partial charge in [0.2, 0.25) is 0 Å². The first-order valence-electron chi connectivity index (χ1n) is 6.66. The third kappa shape index (κ3) is 3.58. The lowest BCUT2D eigenvalue weighted by atomic mass is 9.86. The van der Waals surface area contributed by atoms with Crippen LogP contribution in [0.1, 0.15) is 47.1 Å². The molecular weight excluding hydrogens is 332 g/mol. The fourth-order valence-electron chi connectivity index (χ4n) is 1.99. The normalized spacial score (nSPS) is 11.7. The third-order valence-corrected chi connectivity index (χ3v) is 5.49. The number of rotatable bonds is 3. The predicted octanol–water partition coefficient (Wildman–Crippen LogP) is 5.54. The summed E-state index contributed by atoms with van der Waals surface area (Å²) in [5.41, 5.74) is 3.65. The van der Waals surface area contributed by atoms with E-state index >= 15 is 0 Å². The smallest absolute Gasteiger partial charge is 0.177 e. The number of ketones is 1. The molecule has 0 amide bonds. The van der Waals surface area contributed by atoms with E-state index < -0.39 is 0 Å². The molecular formula is C17H19BrOS. The Kier molecular flexibility index (Phi) is 4.50. The van der Waals surface area contributed by atoms with Gasteiger partial charge in [-0.1, -0.05) is 45.0 Å². The van der Waals surface area contributed by atoms with E-state index in [1.807, 2.05) is 13.0 Å². The summed E-state index contributed by atoms with van der Waals surface area (Å²) in [6, 6.07) is 10.3. The molecule has 20 heavy (non-hydrogen) atoms. The Labute approximate surface area is 133 Å². The summed E-state index contributed by atoms with van der Waals surface area (Å²) in [6.07, 6.45) is 0.469. The number of thiophene rings is 1. The van der Waals surface area contributed by atoms with E-state index in [2.05, 4.69) is 61.0 Å². The molecule has 2 rings (SSSR count). The van der Waals surface area contributed by atoms with E-state index in [1.165, 1.54) is 16.9 Å². The first-order valence-corrected chi connectivity index (χ1v) is 8.27. The van der Waals surface area contributed by atoms with Gasteiger partial charge in [-0.15, -0.1) is 11.3 Å². The molecule has 1 heterocycles. The molecule has 106 valence electrons. The molecule has 0 spiro atoms. The van der Waals surface area contributed by atoms with E-state index in [4.69, 9.17) is 0 Å². The standard InChI is InChI=1S/C17H19BrOS/c1-11-9-15(20-16(11)18)14(19)10-12-5-7-13(8-6-12)17(2,3)4/h5-9H,10H2,1-4H3. The minimum atomic E-state index is 0.151. The third-order valence-electron chi connectivity index (χ3n) is 3.32. The Hall–Kier alpha value is -0.930. The molecule has 2 aromatic rings. The van der Waals surface area contributed by atoms with Crippen LogP contribution in [-0.2, 0) is 11.8 Å². The van der Waals surface area contributed by atoms with Gasteiger partial charge in [-0.3, -0.25) is 4.79 Å². The maximum absolute atomic E-state index is 12.3. The van der Waals surface area contributed by atoms with Crippen LogP contribution in [0, 0.1) is 6.92 Å². The molecule has 0 aliphatic heterocycles. The Morgan fingerprint density at radius 3 is 2.25 bits per heavy atom. The second-order valence-electron chi connectivity index (χ2n) is 6.11. The highest BCUT2D eigenvalue weighted by Crippen LogP contribution is 2.28. The second kappa shape index (κ2) is 5.82. The van der Waals surface area contributed by atoms with Gasteiger partial charge in [0.15, 0.2) is 5.78 Å². The molecule has 3 heteroatoms. The molecule has 0 saturated carbocycles. The number of hydrogen-bond acceptors (Lipinski definition) is 2. The molecule has 0 aliphatic rings. The average molecular weight is 351 g/mol. The first-order chi connectivity index (χ1) is 9.27. The summed E-state index contributed by atoms with van der Waals surface area (Å²) < 4.78 is 1.05. The van der Waals surface area contributed by atoms with Crippen molar-refractivity contribution < 1.29 is 4.79 Å². The van der Waals surface area contributed by atoms with Crippen molar-refractivity contribution in [3.8, 4) is 0 Å². The number of aryl methyl sites for hydroxylation is 1. The van der Waals surface area contributed by atoms with Crippen molar-refractivity contribution in [2.24, 2.45) is 0 Å². The predicted molar refractivity (Wildman–Crippen MR) is 89.9 cm³/mol. The maximum atomic E-state index is 12.3. The van der Waals surface area contributed by atoms with Crippen LogP contribution in [0.3, 0.4) is 0 Å². The maximum Gasteiger partial charge on any atom is 0.177 e. The number of Topliss-reactive ketones (excluding diaryl/α,β-unsaturated/α-hetero) is 1. The number of carbonyl (C=O) groups excluding carboxylic acids is 1. The van der Waals surface area contributed by atoms with Gasteiger partial charge in [0, 0.05) is 6.42 Å². The number of carbonyl (C=O) groups is 1. The van der Waals surface area contributed by atoms with Gasteiger partial charge in [0.1, 0.15) is 0 Å². The minimum Gasteiger partial charge on any atom is -0.293 e. The molecule has 0 unspecified atom stereocenters. The van der Waals surface area contributed by atoms with Crippen LogP contribution in [0.5, 0.6) is 0 Å². The van der Waals surface area contributed by atoms with Crippen LogP contribution in [0.4, 0.5) is 0 Å². The molecule has 1 nitrogen and oxygen atoms in total. The Balaban J connectivity index is 2.12. The van der Waals surface area contributed by atoms with Crippen molar-refractivity contribution in [1.82, 2.24) is 0 Å². The van der Waals surface area contributed by atoms with Gasteiger partial charge in [0.25, 0.3) is 0 Å². The molecule has 0 radical (unpaired) electrons. The van der Waals surface area contributed by atoms with E-state index in [0.29, 0.717) is 6.42 Å². The zero-order valence-corrected chi connectivity index (χ0v) is 14.7. The van der Waals surface area contributed by atoms with Gasteiger partial charge in [0.05, 0.1) is 8.66 Å². The molecule has 0 atom stereocenters. The average Bonchev–Trinajstić information content (AvgIpc) is 2.69. The van der Waals surface area contributed by atoms with Gasteiger partial charge >= 0.3 is 0 Å². The molecule has 0 aliphatic carbocycles. The van der Waals surface area contributed by atoms with Crippen LogP contribution in [0.2, 0.25) is 0 Å². The van der Waals surface area contributed by atoms with Gasteiger partial charge < -0.3 is 0 Å². The summed E-state index contributed by atoms with van der Waals surface area (Å²) in [5, 5.41) is 0. The molecule has 0 saturated heterocycles. The summed E-state index contributed by atoms with van der Waals surface area (Å²) in [5.74, 6) is 0.187. The lowest BCUT2D eigenvalue weighted by Crippen LogP contribution is -2.11. The van der Waals surface area contributed by atoms with Crippen LogP contribution in [-0.4, -0.2) is 5.78 Å². The minimum absolute atomic E-state index is 0.151. The largest absolute Gasteiger partial charge is 0.293 e. The van der Waals surface area contributed by atoms with E-state index in [-0.39, 0.29) is 11.2 Å². The van der Waals surface area contributed by atoms with Crippen LogP contribution in [0.15, 0.2) is 34.1 Å². The van der Waals surface area contributed by atoms with Crippen molar-refractivity contribution >= 4 is 33.0 Å². The zero-order chi connectivity index (χ0) is 14.9. The summed E-state index contributed by atoms with van der Waals surface area (Å²) in [4.78, 5) is 13.1. The molecule has 0 N–H and O–H groups in total. The SMILES string of the molecule is Cc1cc(C(=O)Cc2ccc(C(C)(C)C)cc2)sc1Br. The molecule has 0 fully saturated rings. The van der Waals surface area contributed by atoms with Gasteiger partial charge in [-0.2, -0.15) is 0 Å². The highest BCUT2D eigenvalue weighted by molar-refractivity contribution is 9.11. The summed E-state index contributed by atoms with van der Waals surface area (Å²) in [7, 11) is 0. The van der Waals surface area contributed by atoms with Crippen LogP contribution in [0.25, 0.3) is 0 Å². The Morgan fingerprint density at radius 1 is 1.20 bits per heavy atom. The van der Waals surface area contributed by atoms with Crippen molar-refractivity contribution in [3.63, 3.8) is 0 Å². The number of hydrogen-bond donors (Lipinski definition) is 0. The highest BCUT2D eigenvalue weighted by atomic mass is 79.9. The molecule has 1 aromatic carbocycles. The fraction of sp³-hybridized carbons (Fsp3) is 0.353. The number of benzene rings is 1. The van der Waals surface area contributed by atoms with Crippen molar-refractivity contribution in [2.45, 2.75) is 39.5 Å². The van der Waals surface area contributed by atoms with Crippen molar-refractivity contribution in [3.05, 3.63) is 55.7 Å². The van der Waals surface area contributed by atoms with E-state index in [1.54, 1.807) is 0 Å². The van der Waals surface area contributed by atoms with Crippen molar-refractivity contribution in [2.75, 3.05) is 0 Å². The zero-order valence-electron chi connectivity index (χ0n) is 12.3. The number of halogens is 1. The molecule has 0 bridgehead atoms. The lowest BCUT2D eigenvalue weighted by molar-refractivity contribution is 0.0997. The second-order valence-corrected chi connectivity index (χ2v) is 8.48.